The van der Waals surface area contributed by atoms with Gasteiger partial charge in [0.15, 0.2) is 0 Å². The molecule has 1 aromatic carbocycles. The van der Waals surface area contributed by atoms with E-state index in [0.29, 0.717) is 5.92 Å². The van der Waals surface area contributed by atoms with Crippen molar-refractivity contribution in [2.24, 2.45) is 11.7 Å². The zero-order valence-corrected chi connectivity index (χ0v) is 12.3. The van der Waals surface area contributed by atoms with Crippen molar-refractivity contribution in [2.75, 3.05) is 13.1 Å². The summed E-state index contributed by atoms with van der Waals surface area (Å²) in [6, 6.07) is 9.73. The Hall–Kier alpha value is -1.94. The van der Waals surface area contributed by atoms with Gasteiger partial charge in [-0.1, -0.05) is 6.07 Å². The standard InChI is InChI=1S/C17H21N3O/c1-12(18)15-5-3-9-20(11-15)17(21)14-6-7-16-13(10-14)4-2-8-19-16/h2,4,6-8,10,12,15H,3,5,9,11,18H2,1H3. The summed E-state index contributed by atoms with van der Waals surface area (Å²) in [5.41, 5.74) is 7.65. The fourth-order valence-electron chi connectivity index (χ4n) is 3.01. The van der Waals surface area contributed by atoms with Gasteiger partial charge in [-0.05, 0) is 49.9 Å². The smallest absolute Gasteiger partial charge is 0.253 e. The van der Waals surface area contributed by atoms with E-state index in [4.69, 9.17) is 5.73 Å². The molecule has 2 aromatic rings. The van der Waals surface area contributed by atoms with Crippen LogP contribution in [0.15, 0.2) is 36.5 Å². The van der Waals surface area contributed by atoms with E-state index in [1.54, 1.807) is 6.20 Å². The van der Waals surface area contributed by atoms with Crippen LogP contribution < -0.4 is 5.73 Å². The summed E-state index contributed by atoms with van der Waals surface area (Å²) in [4.78, 5) is 18.9. The molecule has 2 heterocycles. The molecule has 110 valence electrons. The molecule has 0 spiro atoms. The third-order valence-electron chi connectivity index (χ3n) is 4.34. The van der Waals surface area contributed by atoms with Gasteiger partial charge in [-0.3, -0.25) is 9.78 Å². The number of carbonyl (C=O) groups excluding carboxylic acids is 1. The number of nitrogens with two attached hydrogens (primary N) is 1. The van der Waals surface area contributed by atoms with Gasteiger partial charge in [-0.2, -0.15) is 0 Å². The summed E-state index contributed by atoms with van der Waals surface area (Å²) in [6.07, 6.45) is 3.91. The molecule has 21 heavy (non-hydrogen) atoms. The number of likely N-dealkylation sites (tertiary alicyclic amines) is 1. The molecular weight excluding hydrogens is 262 g/mol. The van der Waals surface area contributed by atoms with Crippen LogP contribution in [0.3, 0.4) is 0 Å². The second kappa shape index (κ2) is 5.82. The summed E-state index contributed by atoms with van der Waals surface area (Å²) in [5.74, 6) is 0.510. The van der Waals surface area contributed by atoms with E-state index in [1.165, 1.54) is 0 Å². The van der Waals surface area contributed by atoms with E-state index >= 15 is 0 Å². The number of benzene rings is 1. The summed E-state index contributed by atoms with van der Waals surface area (Å²) >= 11 is 0. The molecule has 2 N–H and O–H groups in total. The molecule has 0 saturated carbocycles. The molecule has 2 atom stereocenters. The number of fused-ring (bicyclic) bond motifs is 1. The maximum absolute atomic E-state index is 12.7. The second-order valence-corrected chi connectivity index (χ2v) is 5.92. The molecule has 2 unspecified atom stereocenters. The highest BCUT2D eigenvalue weighted by atomic mass is 16.2. The van der Waals surface area contributed by atoms with Crippen LogP contribution in [0.2, 0.25) is 0 Å². The minimum Gasteiger partial charge on any atom is -0.338 e. The number of rotatable bonds is 2. The van der Waals surface area contributed by atoms with Gasteiger partial charge in [0, 0.05) is 36.3 Å². The molecule has 1 aromatic heterocycles. The Balaban J connectivity index is 1.82. The van der Waals surface area contributed by atoms with Crippen molar-refractivity contribution in [3.8, 4) is 0 Å². The van der Waals surface area contributed by atoms with Gasteiger partial charge in [-0.15, -0.1) is 0 Å². The second-order valence-electron chi connectivity index (χ2n) is 5.92. The minimum absolute atomic E-state index is 0.103. The molecule has 0 radical (unpaired) electrons. The number of aromatic nitrogens is 1. The van der Waals surface area contributed by atoms with Gasteiger partial charge >= 0.3 is 0 Å². The first-order valence-electron chi connectivity index (χ1n) is 7.55. The van der Waals surface area contributed by atoms with Gasteiger partial charge in [0.1, 0.15) is 0 Å². The first-order valence-corrected chi connectivity index (χ1v) is 7.55. The van der Waals surface area contributed by atoms with Crippen LogP contribution in [0.5, 0.6) is 0 Å². The van der Waals surface area contributed by atoms with Crippen LogP contribution in [0.4, 0.5) is 0 Å². The fraction of sp³-hybridized carbons (Fsp3) is 0.412. The maximum Gasteiger partial charge on any atom is 0.253 e. The summed E-state index contributed by atoms with van der Waals surface area (Å²) in [7, 11) is 0. The highest BCUT2D eigenvalue weighted by molar-refractivity contribution is 5.98. The van der Waals surface area contributed by atoms with Crippen molar-refractivity contribution >= 4 is 16.8 Å². The van der Waals surface area contributed by atoms with Crippen LogP contribution in [0, 0.1) is 5.92 Å². The van der Waals surface area contributed by atoms with E-state index in [0.717, 1.165) is 42.4 Å². The van der Waals surface area contributed by atoms with Gasteiger partial charge in [0.2, 0.25) is 0 Å². The van der Waals surface area contributed by atoms with Gasteiger partial charge in [0.05, 0.1) is 5.52 Å². The lowest BCUT2D eigenvalue weighted by Gasteiger charge is -2.34. The van der Waals surface area contributed by atoms with Crippen molar-refractivity contribution < 1.29 is 4.79 Å². The van der Waals surface area contributed by atoms with Crippen LogP contribution in [0.25, 0.3) is 10.9 Å². The minimum atomic E-state index is 0.103. The molecule has 1 amide bonds. The van der Waals surface area contributed by atoms with Crippen molar-refractivity contribution in [1.82, 2.24) is 9.88 Å². The Morgan fingerprint density at radius 1 is 1.43 bits per heavy atom. The molecule has 1 fully saturated rings. The van der Waals surface area contributed by atoms with Crippen molar-refractivity contribution in [3.63, 3.8) is 0 Å². The predicted octanol–water partition coefficient (Wildman–Crippen LogP) is 2.43. The largest absolute Gasteiger partial charge is 0.338 e. The van der Waals surface area contributed by atoms with Crippen LogP contribution in [0.1, 0.15) is 30.1 Å². The summed E-state index contributed by atoms with van der Waals surface area (Å²) < 4.78 is 0. The maximum atomic E-state index is 12.7. The van der Waals surface area contributed by atoms with E-state index in [-0.39, 0.29) is 11.9 Å². The monoisotopic (exact) mass is 283 g/mol. The Morgan fingerprint density at radius 2 is 2.29 bits per heavy atom. The van der Waals surface area contributed by atoms with Crippen molar-refractivity contribution in [2.45, 2.75) is 25.8 Å². The number of amides is 1. The SMILES string of the molecule is CC(N)C1CCCN(C(=O)c2ccc3ncccc3c2)C1. The molecule has 4 heteroatoms. The molecular formula is C17H21N3O. The van der Waals surface area contributed by atoms with E-state index < -0.39 is 0 Å². The van der Waals surface area contributed by atoms with Crippen LogP contribution in [-0.2, 0) is 0 Å². The fourth-order valence-corrected chi connectivity index (χ4v) is 3.01. The van der Waals surface area contributed by atoms with E-state index in [9.17, 15) is 4.79 Å². The number of piperidine rings is 1. The van der Waals surface area contributed by atoms with E-state index in [2.05, 4.69) is 4.98 Å². The first-order chi connectivity index (χ1) is 10.1. The topological polar surface area (TPSA) is 59.2 Å². The third kappa shape index (κ3) is 2.90. The first kappa shape index (κ1) is 14.0. The molecule has 1 saturated heterocycles. The Labute approximate surface area is 125 Å². The van der Waals surface area contributed by atoms with Crippen molar-refractivity contribution in [3.05, 3.63) is 42.1 Å². The van der Waals surface area contributed by atoms with Gasteiger partial charge < -0.3 is 10.6 Å². The van der Waals surface area contributed by atoms with E-state index in [1.807, 2.05) is 42.2 Å². The zero-order valence-electron chi connectivity index (χ0n) is 12.3. The quantitative estimate of drug-likeness (QED) is 0.921. The van der Waals surface area contributed by atoms with Crippen molar-refractivity contribution in [1.29, 1.82) is 0 Å². The normalized spacial score (nSPS) is 20.5. The Morgan fingerprint density at radius 3 is 3.10 bits per heavy atom. The average molecular weight is 283 g/mol. The lowest BCUT2D eigenvalue weighted by Crippen LogP contribution is -2.45. The van der Waals surface area contributed by atoms with Crippen LogP contribution in [-0.4, -0.2) is 34.9 Å². The van der Waals surface area contributed by atoms with Gasteiger partial charge in [-0.25, -0.2) is 0 Å². The molecule has 0 aliphatic carbocycles. The lowest BCUT2D eigenvalue weighted by molar-refractivity contribution is 0.0661. The highest BCUT2D eigenvalue weighted by Gasteiger charge is 2.26. The predicted molar refractivity (Wildman–Crippen MR) is 84.0 cm³/mol. The lowest BCUT2D eigenvalue weighted by atomic mass is 9.92. The number of pyridine rings is 1. The Kier molecular flexibility index (Phi) is 3.88. The summed E-state index contributed by atoms with van der Waals surface area (Å²) in [6.45, 7) is 3.62. The molecule has 1 aliphatic heterocycles. The number of hydrogen-bond donors (Lipinski definition) is 1. The average Bonchev–Trinajstić information content (AvgIpc) is 2.53. The molecule has 0 bridgehead atoms. The summed E-state index contributed by atoms with van der Waals surface area (Å²) in [5, 5.41) is 1.00. The zero-order chi connectivity index (χ0) is 14.8. The number of nitrogens with zero attached hydrogens (tertiary/aromatic N) is 2. The van der Waals surface area contributed by atoms with Crippen LogP contribution >= 0.6 is 0 Å². The molecule has 4 nitrogen and oxygen atoms in total. The third-order valence-corrected chi connectivity index (χ3v) is 4.34. The number of hydrogen-bond acceptors (Lipinski definition) is 3. The number of carbonyl (C=O) groups is 1. The van der Waals surface area contributed by atoms with Gasteiger partial charge in [0.25, 0.3) is 5.91 Å². The highest BCUT2D eigenvalue weighted by Crippen LogP contribution is 2.22. The Bertz CT molecular complexity index is 653. The molecule has 3 rings (SSSR count). The molecule has 1 aliphatic rings.